The van der Waals surface area contributed by atoms with Crippen molar-refractivity contribution < 1.29 is 33.7 Å². The number of allylic oxidation sites excluding steroid dienone is 11. The van der Waals surface area contributed by atoms with E-state index in [0.29, 0.717) is 41.1 Å². The third-order valence-electron chi connectivity index (χ3n) is 10.3. The Morgan fingerprint density at radius 2 is 1.59 bits per heavy atom. The third kappa shape index (κ3) is 5.74. The predicted octanol–water partition coefficient (Wildman–Crippen LogP) is 5.96. The van der Waals surface area contributed by atoms with Crippen LogP contribution in [0.1, 0.15) is 67.2 Å². The van der Waals surface area contributed by atoms with Crippen molar-refractivity contribution in [3.63, 3.8) is 0 Å². The van der Waals surface area contributed by atoms with Crippen molar-refractivity contribution in [1.82, 2.24) is 5.32 Å². The summed E-state index contributed by atoms with van der Waals surface area (Å²) < 4.78 is 15.5. The first-order valence-electron chi connectivity index (χ1n) is 16.7. The number of aliphatic hydroxyl groups is 1. The van der Waals surface area contributed by atoms with E-state index in [1.54, 1.807) is 0 Å². The number of aliphatic hydroxyl groups excluding tert-OH is 1. The van der Waals surface area contributed by atoms with Crippen LogP contribution in [0.3, 0.4) is 0 Å². The second kappa shape index (κ2) is 13.1. The molecule has 0 unspecified atom stereocenters. The van der Waals surface area contributed by atoms with E-state index in [1.807, 2.05) is 39.0 Å². The Bertz CT molecular complexity index is 1940. The number of aliphatic imine (C=N–C) groups is 3. The fourth-order valence-electron chi connectivity index (χ4n) is 7.54. The van der Waals surface area contributed by atoms with Gasteiger partial charge in [-0.2, -0.15) is 0 Å². The lowest BCUT2D eigenvalue weighted by Gasteiger charge is -2.20. The molecule has 6 rings (SSSR count). The summed E-state index contributed by atoms with van der Waals surface area (Å²) in [6.07, 6.45) is 7.74. The molecule has 3 atom stereocenters. The maximum atomic E-state index is 13.4. The molecule has 5 heterocycles. The molecule has 5 aliphatic heterocycles. The lowest BCUT2D eigenvalue weighted by Crippen LogP contribution is -2.25. The highest BCUT2D eigenvalue weighted by Crippen LogP contribution is 2.49. The smallest absolute Gasteiger partial charge is 0.321 e. The summed E-state index contributed by atoms with van der Waals surface area (Å²) in [4.78, 5) is 52.6. The molecule has 1 saturated heterocycles. The molecule has 0 radical (unpaired) electrons. The van der Waals surface area contributed by atoms with Crippen molar-refractivity contribution in [3.8, 4) is 0 Å². The molecule has 0 saturated carbocycles. The van der Waals surface area contributed by atoms with Crippen LogP contribution in [-0.2, 0) is 28.6 Å². The van der Waals surface area contributed by atoms with Crippen molar-refractivity contribution in [2.45, 2.75) is 67.2 Å². The van der Waals surface area contributed by atoms with Gasteiger partial charge in [0.1, 0.15) is 11.7 Å². The maximum absolute atomic E-state index is 13.4. The molecule has 0 spiro atoms. The number of carbonyl (C=O) groups excluding carboxylic acids is 3. The summed E-state index contributed by atoms with van der Waals surface area (Å²) >= 11 is 0. The highest BCUT2D eigenvalue weighted by molar-refractivity contribution is 6.24. The number of rotatable bonds is 8. The molecule has 256 valence electrons. The minimum atomic E-state index is -1.09. The minimum Gasteiger partial charge on any atom is -0.510 e. The molecule has 0 amide bonds. The molecule has 11 heteroatoms. The van der Waals surface area contributed by atoms with E-state index < -0.39 is 11.9 Å². The number of nitrogens with zero attached hydrogens (tertiary/aromatic N) is 3. The summed E-state index contributed by atoms with van der Waals surface area (Å²) in [6.45, 7) is 11.7. The summed E-state index contributed by atoms with van der Waals surface area (Å²) in [6, 6.07) is 0. The average Bonchev–Trinajstić information content (AvgIpc) is 3.81. The molecule has 11 nitrogen and oxygen atoms in total. The zero-order valence-corrected chi connectivity index (χ0v) is 29.2. The number of ether oxygens (including phenoxy) is 3. The second-order valence-corrected chi connectivity index (χ2v) is 13.0. The Hall–Kier alpha value is -5.06. The van der Waals surface area contributed by atoms with Crippen molar-refractivity contribution in [3.05, 3.63) is 91.5 Å². The monoisotopic (exact) mass is 666 g/mol. The Kier molecular flexibility index (Phi) is 9.04. The predicted molar refractivity (Wildman–Crippen MR) is 185 cm³/mol. The van der Waals surface area contributed by atoms with Crippen LogP contribution >= 0.6 is 0 Å². The van der Waals surface area contributed by atoms with Gasteiger partial charge in [-0.1, -0.05) is 13.8 Å². The van der Waals surface area contributed by atoms with E-state index in [4.69, 9.17) is 29.2 Å². The van der Waals surface area contributed by atoms with Crippen molar-refractivity contribution in [2.24, 2.45) is 32.7 Å². The molecule has 49 heavy (non-hydrogen) atoms. The van der Waals surface area contributed by atoms with Crippen molar-refractivity contribution >= 4 is 35.0 Å². The highest BCUT2D eigenvalue weighted by Gasteiger charge is 2.49. The number of methoxy groups -OCH3 is 2. The Balaban J connectivity index is 1.62. The number of nitrogens with one attached hydrogen (secondary N) is 1. The van der Waals surface area contributed by atoms with Gasteiger partial charge in [0.25, 0.3) is 0 Å². The summed E-state index contributed by atoms with van der Waals surface area (Å²) in [7, 11) is 2.66. The summed E-state index contributed by atoms with van der Waals surface area (Å²) in [5, 5.41) is 15.3. The van der Waals surface area contributed by atoms with E-state index in [1.165, 1.54) is 21.1 Å². The normalized spacial score (nSPS) is 24.1. The molecule has 0 aromatic heterocycles. The molecule has 1 aliphatic carbocycles. The van der Waals surface area contributed by atoms with E-state index in [0.717, 1.165) is 62.8 Å². The molecular formula is C38H42N4O7. The Labute approximate surface area is 286 Å². The Morgan fingerprint density at radius 1 is 0.918 bits per heavy atom. The van der Waals surface area contributed by atoms with Crippen LogP contribution in [0.15, 0.2) is 106 Å². The molecule has 0 aromatic rings. The summed E-state index contributed by atoms with van der Waals surface area (Å²) in [5.41, 5.74) is 11.5. The number of hydrogen-bond donors (Lipinski definition) is 2. The lowest BCUT2D eigenvalue weighted by molar-refractivity contribution is -0.144. The molecule has 8 bridgehead atoms. The molecule has 1 fully saturated rings. The first kappa shape index (κ1) is 33.8. The minimum absolute atomic E-state index is 0.110. The molecular weight excluding hydrogens is 624 g/mol. The maximum Gasteiger partial charge on any atom is 0.321 e. The average molecular weight is 667 g/mol. The first-order valence-corrected chi connectivity index (χ1v) is 16.7. The second-order valence-electron chi connectivity index (χ2n) is 13.0. The van der Waals surface area contributed by atoms with E-state index in [-0.39, 0.29) is 42.6 Å². The van der Waals surface area contributed by atoms with Crippen LogP contribution < -0.4 is 5.32 Å². The topological polar surface area (TPSA) is 148 Å². The SMILES string of the molecule is CCC1=C(C)C2=NC1=CC1=C(C)C3=C(O)[C@H](C(=O)OC)C(=C4NC(=CC5=NC(=C2)C(CCOC(C)=O)=C5C)[C@@H](C)[C@@H]4CCC(=O)OC)C3=N1. The van der Waals surface area contributed by atoms with Crippen LogP contribution in [0.25, 0.3) is 0 Å². The largest absolute Gasteiger partial charge is 0.510 e. The zero-order valence-electron chi connectivity index (χ0n) is 29.2. The van der Waals surface area contributed by atoms with Gasteiger partial charge in [0.15, 0.2) is 0 Å². The number of fused-ring (bicyclic) bond motifs is 5. The van der Waals surface area contributed by atoms with Gasteiger partial charge < -0.3 is 24.6 Å². The van der Waals surface area contributed by atoms with Gasteiger partial charge in [-0.15, -0.1) is 0 Å². The fourth-order valence-corrected chi connectivity index (χ4v) is 7.54. The van der Waals surface area contributed by atoms with Crippen molar-refractivity contribution in [1.29, 1.82) is 0 Å². The number of esters is 3. The number of hydrogen-bond acceptors (Lipinski definition) is 11. The fraction of sp³-hybridized carbons (Fsp3) is 0.421. The van der Waals surface area contributed by atoms with E-state index in [2.05, 4.69) is 19.2 Å². The van der Waals surface area contributed by atoms with Gasteiger partial charge in [0.2, 0.25) is 0 Å². The van der Waals surface area contributed by atoms with E-state index in [9.17, 15) is 19.5 Å². The van der Waals surface area contributed by atoms with Gasteiger partial charge in [-0.3, -0.25) is 14.4 Å². The first-order chi connectivity index (χ1) is 23.4. The quantitative estimate of drug-likeness (QED) is 0.238. The number of carbonyl (C=O) groups is 3. The van der Waals surface area contributed by atoms with Gasteiger partial charge in [-0.05, 0) is 79.7 Å². The van der Waals surface area contributed by atoms with E-state index >= 15 is 0 Å². The van der Waals surface area contributed by atoms with Gasteiger partial charge in [-0.25, -0.2) is 15.0 Å². The van der Waals surface area contributed by atoms with Crippen LogP contribution in [0.5, 0.6) is 0 Å². The zero-order chi connectivity index (χ0) is 35.3. The molecule has 2 N–H and O–H groups in total. The Morgan fingerprint density at radius 3 is 2.24 bits per heavy atom. The van der Waals surface area contributed by atoms with Gasteiger partial charge >= 0.3 is 17.9 Å². The van der Waals surface area contributed by atoms with Gasteiger partial charge in [0.05, 0.1) is 55.1 Å². The lowest BCUT2D eigenvalue weighted by atomic mass is 9.84. The standard InChI is InChI=1S/C38H42N4O7/c1-9-22-17(2)26-15-30-23(12-13-49-21(6)43)18(3)25(40-30)14-27-19(4)24(10-11-31(44)47-7)35(41-27)33-34(38(46)48-8)37(45)32-20(5)28(42-36(32)33)16-29(22)39-26/h14-16,19,24,34,41,45H,9-13H2,1-8H3/t19-,24-,34+/m0/s1. The van der Waals surface area contributed by atoms with Crippen LogP contribution in [0, 0.1) is 17.8 Å². The van der Waals surface area contributed by atoms with Crippen LogP contribution in [0.4, 0.5) is 0 Å². The van der Waals surface area contributed by atoms with Crippen LogP contribution in [-0.4, -0.2) is 61.0 Å². The van der Waals surface area contributed by atoms with Crippen LogP contribution in [0.2, 0.25) is 0 Å². The third-order valence-corrected chi connectivity index (χ3v) is 10.3. The van der Waals surface area contributed by atoms with Crippen molar-refractivity contribution in [2.75, 3.05) is 20.8 Å². The highest BCUT2D eigenvalue weighted by atomic mass is 16.5. The molecule has 6 aliphatic rings. The molecule has 0 aromatic carbocycles. The summed E-state index contributed by atoms with van der Waals surface area (Å²) in [5.74, 6) is -2.86. The van der Waals surface area contributed by atoms with Gasteiger partial charge in [0, 0.05) is 54.1 Å².